The van der Waals surface area contributed by atoms with Crippen molar-refractivity contribution >= 4 is 40.3 Å². The number of nitrogens with zero attached hydrogens (tertiary/aromatic N) is 2. The van der Waals surface area contributed by atoms with Gasteiger partial charge in [-0.15, -0.1) is 0 Å². The number of nitro groups is 1. The molecule has 1 fully saturated rings. The molecule has 0 spiro atoms. The number of nitro benzene ring substituents is 1. The smallest absolute Gasteiger partial charge is 0.269 e. The molecule has 9 heteroatoms. The number of carbonyl (C=O) groups excluding carboxylic acids is 1. The van der Waals surface area contributed by atoms with Crippen molar-refractivity contribution in [1.29, 1.82) is 0 Å². The lowest BCUT2D eigenvalue weighted by molar-refractivity contribution is -0.384. The van der Waals surface area contributed by atoms with Crippen molar-refractivity contribution < 1.29 is 19.2 Å². The first kappa shape index (κ1) is 20.4. The van der Waals surface area contributed by atoms with E-state index >= 15 is 0 Å². The molecule has 3 rings (SSSR count). The van der Waals surface area contributed by atoms with Crippen LogP contribution in [0, 0.1) is 17.0 Å². The minimum Gasteiger partial charge on any atom is -0.493 e. The average Bonchev–Trinajstić information content (AvgIpc) is 3.02. The van der Waals surface area contributed by atoms with E-state index in [1.165, 1.54) is 23.9 Å². The third-order valence-electron chi connectivity index (χ3n) is 4.05. The van der Waals surface area contributed by atoms with Crippen LogP contribution < -0.4 is 14.8 Å². The molecule has 0 radical (unpaired) electrons. The van der Waals surface area contributed by atoms with Crippen LogP contribution in [0.4, 0.5) is 11.4 Å². The molecule has 0 unspecified atom stereocenters. The topological polar surface area (TPSA) is 103 Å². The van der Waals surface area contributed by atoms with Crippen LogP contribution in [-0.4, -0.2) is 29.7 Å². The van der Waals surface area contributed by atoms with Gasteiger partial charge in [-0.3, -0.25) is 14.9 Å². The number of non-ortho nitro benzene ring substituents is 1. The molecule has 8 nitrogen and oxygen atoms in total. The molecule has 1 heterocycles. The number of carbonyl (C=O) groups is 1. The lowest BCUT2D eigenvalue weighted by Gasteiger charge is -2.09. The standard InChI is InChI=1S/C20H19N3O5S/c1-4-28-17-10-13(5-8-16(17)27-3)11-18-19(24)22-20(29-18)21-15-7-6-14(23(25)26)9-12(15)2/h5-11H,4H2,1-3H3,(H,21,22,24)/b18-11+. The summed E-state index contributed by atoms with van der Waals surface area (Å²) in [5.74, 6) is 0.957. The molecular formula is C20H19N3O5S. The van der Waals surface area contributed by atoms with Crippen molar-refractivity contribution in [2.24, 2.45) is 4.99 Å². The summed E-state index contributed by atoms with van der Waals surface area (Å²) < 4.78 is 10.8. The number of methoxy groups -OCH3 is 1. The van der Waals surface area contributed by atoms with Gasteiger partial charge in [0.15, 0.2) is 16.7 Å². The number of rotatable bonds is 6. The summed E-state index contributed by atoms with van der Waals surface area (Å²) in [6.45, 7) is 4.11. The highest BCUT2D eigenvalue weighted by Gasteiger charge is 2.24. The molecule has 1 amide bonds. The van der Waals surface area contributed by atoms with E-state index in [2.05, 4.69) is 10.3 Å². The zero-order chi connectivity index (χ0) is 21.0. The Morgan fingerprint density at radius 2 is 2.03 bits per heavy atom. The highest BCUT2D eigenvalue weighted by atomic mass is 32.2. The largest absolute Gasteiger partial charge is 0.493 e. The second-order valence-corrected chi connectivity index (χ2v) is 7.08. The number of thioether (sulfide) groups is 1. The van der Waals surface area contributed by atoms with Gasteiger partial charge in [-0.05, 0) is 61.0 Å². The van der Waals surface area contributed by atoms with E-state index in [1.54, 1.807) is 38.3 Å². The van der Waals surface area contributed by atoms with Gasteiger partial charge in [0.25, 0.3) is 11.6 Å². The molecule has 150 valence electrons. The molecule has 2 aromatic rings. The molecule has 1 aliphatic rings. The van der Waals surface area contributed by atoms with Crippen molar-refractivity contribution in [1.82, 2.24) is 5.32 Å². The second kappa shape index (κ2) is 8.78. The minimum atomic E-state index is -0.456. The zero-order valence-electron chi connectivity index (χ0n) is 16.1. The first-order valence-electron chi connectivity index (χ1n) is 8.76. The summed E-state index contributed by atoms with van der Waals surface area (Å²) in [5, 5.41) is 14.0. The molecule has 0 saturated carbocycles. The second-order valence-electron chi connectivity index (χ2n) is 6.05. The predicted octanol–water partition coefficient (Wildman–Crippen LogP) is 4.20. The number of ether oxygens (including phenoxy) is 2. The SMILES string of the molecule is CCOc1cc(/C=C2/SC(=Nc3ccc([N+](=O)[O-])cc3C)NC2=O)ccc1OC. The van der Waals surface area contributed by atoms with Gasteiger partial charge in [0.1, 0.15) is 0 Å². The number of nitrogens with one attached hydrogen (secondary N) is 1. The van der Waals surface area contributed by atoms with Crippen LogP contribution in [0.5, 0.6) is 11.5 Å². The van der Waals surface area contributed by atoms with Crippen molar-refractivity contribution in [3.63, 3.8) is 0 Å². The number of hydrogen-bond acceptors (Lipinski definition) is 7. The summed E-state index contributed by atoms with van der Waals surface area (Å²) in [6, 6.07) is 9.81. The van der Waals surface area contributed by atoms with Gasteiger partial charge in [-0.1, -0.05) is 6.07 Å². The Kier molecular flexibility index (Phi) is 6.18. The minimum absolute atomic E-state index is 0.000228. The lowest BCUT2D eigenvalue weighted by Crippen LogP contribution is -2.19. The first-order chi connectivity index (χ1) is 13.9. The lowest BCUT2D eigenvalue weighted by atomic mass is 10.2. The molecule has 1 N–H and O–H groups in total. The fraction of sp³-hybridized carbons (Fsp3) is 0.200. The maximum Gasteiger partial charge on any atom is 0.269 e. The van der Waals surface area contributed by atoms with Gasteiger partial charge in [-0.25, -0.2) is 4.99 Å². The fourth-order valence-electron chi connectivity index (χ4n) is 2.67. The van der Waals surface area contributed by atoms with E-state index < -0.39 is 4.92 Å². The number of hydrogen-bond donors (Lipinski definition) is 1. The summed E-state index contributed by atoms with van der Waals surface area (Å²) >= 11 is 1.20. The van der Waals surface area contributed by atoms with Crippen molar-refractivity contribution in [3.8, 4) is 11.5 Å². The average molecular weight is 413 g/mol. The normalized spacial score (nSPS) is 16.2. The third kappa shape index (κ3) is 4.75. The van der Waals surface area contributed by atoms with Crippen LogP contribution in [0.2, 0.25) is 0 Å². The van der Waals surface area contributed by atoms with Crippen LogP contribution in [-0.2, 0) is 4.79 Å². The molecule has 1 aliphatic heterocycles. The summed E-state index contributed by atoms with van der Waals surface area (Å²) in [4.78, 5) is 27.6. The Balaban J connectivity index is 1.84. The van der Waals surface area contributed by atoms with Gasteiger partial charge in [0.05, 0.1) is 29.2 Å². The number of aliphatic imine (C=N–C) groups is 1. The van der Waals surface area contributed by atoms with E-state index in [4.69, 9.17) is 9.47 Å². The number of amides is 1. The monoisotopic (exact) mass is 413 g/mol. The van der Waals surface area contributed by atoms with Crippen LogP contribution >= 0.6 is 11.8 Å². The number of amidine groups is 1. The van der Waals surface area contributed by atoms with E-state index in [-0.39, 0.29) is 11.6 Å². The maximum atomic E-state index is 12.3. The highest BCUT2D eigenvalue weighted by Crippen LogP contribution is 2.33. The molecule has 0 bridgehead atoms. The van der Waals surface area contributed by atoms with Crippen molar-refractivity contribution in [3.05, 3.63) is 62.5 Å². The van der Waals surface area contributed by atoms with Gasteiger partial charge in [0.2, 0.25) is 0 Å². The summed E-state index contributed by atoms with van der Waals surface area (Å²) in [5.41, 5.74) is 2.00. The zero-order valence-corrected chi connectivity index (χ0v) is 16.9. The van der Waals surface area contributed by atoms with E-state index in [9.17, 15) is 14.9 Å². The third-order valence-corrected chi connectivity index (χ3v) is 4.96. The van der Waals surface area contributed by atoms with Crippen LogP contribution in [0.1, 0.15) is 18.1 Å². The van der Waals surface area contributed by atoms with Crippen LogP contribution in [0.25, 0.3) is 6.08 Å². The fourth-order valence-corrected chi connectivity index (χ4v) is 3.51. The Hall–Kier alpha value is -3.33. The van der Waals surface area contributed by atoms with E-state index in [0.29, 0.717) is 39.4 Å². The van der Waals surface area contributed by atoms with Crippen LogP contribution in [0.15, 0.2) is 46.3 Å². The van der Waals surface area contributed by atoms with Crippen LogP contribution in [0.3, 0.4) is 0 Å². The highest BCUT2D eigenvalue weighted by molar-refractivity contribution is 8.18. The molecule has 0 atom stereocenters. The summed E-state index contributed by atoms with van der Waals surface area (Å²) in [7, 11) is 1.57. The Morgan fingerprint density at radius 3 is 2.69 bits per heavy atom. The first-order valence-corrected chi connectivity index (χ1v) is 9.58. The number of benzene rings is 2. The van der Waals surface area contributed by atoms with Gasteiger partial charge in [0, 0.05) is 12.1 Å². The molecule has 29 heavy (non-hydrogen) atoms. The maximum absolute atomic E-state index is 12.3. The van der Waals surface area contributed by atoms with Crippen molar-refractivity contribution in [2.75, 3.05) is 13.7 Å². The molecule has 0 aromatic heterocycles. The molecule has 2 aromatic carbocycles. The Labute approximate surface area is 171 Å². The van der Waals surface area contributed by atoms with Gasteiger partial charge < -0.3 is 14.8 Å². The Bertz CT molecular complexity index is 1030. The number of aryl methyl sites for hydroxylation is 1. The van der Waals surface area contributed by atoms with E-state index in [0.717, 1.165) is 5.56 Å². The molecular weight excluding hydrogens is 394 g/mol. The Morgan fingerprint density at radius 1 is 1.24 bits per heavy atom. The van der Waals surface area contributed by atoms with E-state index in [1.807, 2.05) is 13.0 Å². The van der Waals surface area contributed by atoms with Gasteiger partial charge >= 0.3 is 0 Å². The summed E-state index contributed by atoms with van der Waals surface area (Å²) in [6.07, 6.45) is 1.74. The van der Waals surface area contributed by atoms with Gasteiger partial charge in [-0.2, -0.15) is 0 Å². The molecule has 0 aliphatic carbocycles. The van der Waals surface area contributed by atoms with Crippen molar-refractivity contribution in [2.45, 2.75) is 13.8 Å². The predicted molar refractivity (Wildman–Crippen MR) is 113 cm³/mol. The quantitative estimate of drug-likeness (QED) is 0.432. The molecule has 1 saturated heterocycles.